The van der Waals surface area contributed by atoms with Crippen molar-refractivity contribution >= 4 is 0 Å². The van der Waals surface area contributed by atoms with Gasteiger partial charge in [0, 0.05) is 43.0 Å². The highest BCUT2D eigenvalue weighted by atomic mass is 19.3. The summed E-state index contributed by atoms with van der Waals surface area (Å²) in [6.45, 7) is 6.02. The second-order valence-electron chi connectivity index (χ2n) is 7.93. The fraction of sp³-hybridized carbons (Fsp3) is 0.591. The van der Waals surface area contributed by atoms with E-state index in [1.54, 1.807) is 6.20 Å². The van der Waals surface area contributed by atoms with E-state index in [1.807, 2.05) is 6.07 Å². The molecule has 2 heterocycles. The van der Waals surface area contributed by atoms with Crippen LogP contribution >= 0.6 is 0 Å². The van der Waals surface area contributed by atoms with Crippen LogP contribution in [0.15, 0.2) is 24.4 Å². The largest absolute Gasteiger partial charge is 0.490 e. The van der Waals surface area contributed by atoms with Crippen molar-refractivity contribution in [1.29, 1.82) is 0 Å². The van der Waals surface area contributed by atoms with Crippen molar-refractivity contribution in [3.05, 3.63) is 35.5 Å². The van der Waals surface area contributed by atoms with Gasteiger partial charge in [-0.3, -0.25) is 5.10 Å². The second kappa shape index (κ2) is 9.67. The Labute approximate surface area is 171 Å². The van der Waals surface area contributed by atoms with Crippen molar-refractivity contribution in [2.45, 2.75) is 58.1 Å². The topological polar surface area (TPSA) is 50.4 Å². The number of aromatic nitrogens is 2. The number of alkyl halides is 2. The van der Waals surface area contributed by atoms with E-state index in [-0.39, 0.29) is 11.7 Å². The standard InChI is InChI=1S/C22H31F2N3O2/c1-4-5-8-27(3)15-17-14-25-26-21(17)16-11-18(22(2,23)24)13-20(12-16)29-19-6-9-28-10-7-19/h11-14,19H,4-10,15H2,1-3H3,(H,25,26). The van der Waals surface area contributed by atoms with Crippen LogP contribution in [0.3, 0.4) is 0 Å². The summed E-state index contributed by atoms with van der Waals surface area (Å²) in [7, 11) is 2.06. The van der Waals surface area contributed by atoms with E-state index in [0.29, 0.717) is 31.1 Å². The van der Waals surface area contributed by atoms with Crippen LogP contribution in [-0.4, -0.2) is 48.0 Å². The van der Waals surface area contributed by atoms with Crippen LogP contribution in [0.2, 0.25) is 0 Å². The zero-order chi connectivity index (χ0) is 20.9. The van der Waals surface area contributed by atoms with Gasteiger partial charge in [0.25, 0.3) is 5.92 Å². The van der Waals surface area contributed by atoms with Gasteiger partial charge in [0.05, 0.1) is 25.1 Å². The van der Waals surface area contributed by atoms with Gasteiger partial charge in [0.15, 0.2) is 0 Å². The lowest BCUT2D eigenvalue weighted by atomic mass is 10.0. The van der Waals surface area contributed by atoms with E-state index in [4.69, 9.17) is 9.47 Å². The SMILES string of the molecule is CCCCN(C)Cc1cn[nH]c1-c1cc(OC2CCOCC2)cc(C(C)(F)F)c1. The smallest absolute Gasteiger partial charge is 0.270 e. The van der Waals surface area contributed by atoms with E-state index in [2.05, 4.69) is 29.1 Å². The molecule has 0 amide bonds. The molecule has 0 radical (unpaired) electrons. The monoisotopic (exact) mass is 407 g/mol. The summed E-state index contributed by atoms with van der Waals surface area (Å²) in [6.07, 6.45) is 5.53. The molecule has 5 nitrogen and oxygen atoms in total. The molecule has 0 atom stereocenters. The van der Waals surface area contributed by atoms with Crippen molar-refractivity contribution in [3.63, 3.8) is 0 Å². The first-order valence-electron chi connectivity index (χ1n) is 10.4. The number of benzene rings is 1. The molecule has 29 heavy (non-hydrogen) atoms. The zero-order valence-corrected chi connectivity index (χ0v) is 17.5. The molecule has 1 aromatic heterocycles. The Kier molecular flexibility index (Phi) is 7.24. The van der Waals surface area contributed by atoms with Crippen LogP contribution in [0.5, 0.6) is 5.75 Å². The summed E-state index contributed by atoms with van der Waals surface area (Å²) in [6, 6.07) is 4.80. The third kappa shape index (κ3) is 6.00. The Morgan fingerprint density at radius 2 is 2.03 bits per heavy atom. The number of H-pyrrole nitrogens is 1. The van der Waals surface area contributed by atoms with Crippen LogP contribution < -0.4 is 4.74 Å². The molecule has 1 N–H and O–H groups in total. The maximum Gasteiger partial charge on any atom is 0.270 e. The molecule has 1 saturated heterocycles. The van der Waals surface area contributed by atoms with Crippen LogP contribution in [0.1, 0.15) is 50.7 Å². The first-order chi connectivity index (χ1) is 13.9. The van der Waals surface area contributed by atoms with Crippen molar-refractivity contribution in [2.24, 2.45) is 0 Å². The maximum atomic E-state index is 14.2. The van der Waals surface area contributed by atoms with E-state index in [9.17, 15) is 8.78 Å². The highest BCUT2D eigenvalue weighted by molar-refractivity contribution is 5.66. The fourth-order valence-electron chi connectivity index (χ4n) is 3.53. The molecule has 2 aromatic rings. The predicted octanol–water partition coefficient (Wildman–Crippen LogP) is 4.98. The number of unbranched alkanes of at least 4 members (excludes halogenated alkanes) is 1. The minimum absolute atomic E-state index is 0.0151. The second-order valence-corrected chi connectivity index (χ2v) is 7.93. The number of halogens is 2. The maximum absolute atomic E-state index is 14.2. The Bertz CT molecular complexity index is 783. The average molecular weight is 408 g/mol. The number of ether oxygens (including phenoxy) is 2. The zero-order valence-electron chi connectivity index (χ0n) is 17.5. The van der Waals surface area contributed by atoms with Crippen LogP contribution in [0.4, 0.5) is 8.78 Å². The summed E-state index contributed by atoms with van der Waals surface area (Å²) >= 11 is 0. The van der Waals surface area contributed by atoms with Gasteiger partial charge in [0.1, 0.15) is 11.9 Å². The Hall–Kier alpha value is -1.99. The Morgan fingerprint density at radius 1 is 1.28 bits per heavy atom. The third-order valence-corrected chi connectivity index (χ3v) is 5.22. The van der Waals surface area contributed by atoms with Gasteiger partial charge in [0.2, 0.25) is 0 Å². The molecule has 0 spiro atoms. The highest BCUT2D eigenvalue weighted by Crippen LogP contribution is 2.35. The number of nitrogens with one attached hydrogen (secondary N) is 1. The van der Waals surface area contributed by atoms with Crippen molar-refractivity contribution in [1.82, 2.24) is 15.1 Å². The van der Waals surface area contributed by atoms with Gasteiger partial charge in [-0.2, -0.15) is 5.10 Å². The lowest BCUT2D eigenvalue weighted by molar-refractivity contribution is 0.0149. The first kappa shape index (κ1) is 21.7. The molecular weight excluding hydrogens is 376 g/mol. The van der Waals surface area contributed by atoms with E-state index in [0.717, 1.165) is 50.4 Å². The van der Waals surface area contributed by atoms with Gasteiger partial charge >= 0.3 is 0 Å². The molecule has 1 fully saturated rings. The predicted molar refractivity (Wildman–Crippen MR) is 109 cm³/mol. The molecule has 160 valence electrons. The molecule has 0 saturated carbocycles. The number of aromatic amines is 1. The Morgan fingerprint density at radius 3 is 2.72 bits per heavy atom. The fourth-order valence-corrected chi connectivity index (χ4v) is 3.53. The summed E-state index contributed by atoms with van der Waals surface area (Å²) < 4.78 is 39.8. The van der Waals surface area contributed by atoms with E-state index in [1.165, 1.54) is 12.1 Å². The van der Waals surface area contributed by atoms with E-state index >= 15 is 0 Å². The molecule has 0 aliphatic carbocycles. The van der Waals surface area contributed by atoms with Crippen LogP contribution in [0, 0.1) is 0 Å². The lowest BCUT2D eigenvalue weighted by Gasteiger charge is -2.24. The highest BCUT2D eigenvalue weighted by Gasteiger charge is 2.27. The molecular formula is C22H31F2N3O2. The van der Waals surface area contributed by atoms with Crippen LogP contribution in [0.25, 0.3) is 11.3 Å². The van der Waals surface area contributed by atoms with Gasteiger partial charge in [-0.15, -0.1) is 0 Å². The van der Waals surface area contributed by atoms with Gasteiger partial charge in [-0.05, 0) is 38.2 Å². The third-order valence-electron chi connectivity index (χ3n) is 5.22. The van der Waals surface area contributed by atoms with Crippen molar-refractivity contribution in [3.8, 4) is 17.0 Å². The van der Waals surface area contributed by atoms with Gasteiger partial charge in [-0.1, -0.05) is 13.3 Å². The molecule has 3 rings (SSSR count). The normalized spacial score (nSPS) is 15.8. The number of rotatable bonds is 9. The summed E-state index contributed by atoms with van der Waals surface area (Å²) in [4.78, 5) is 2.22. The molecule has 1 aromatic carbocycles. The first-order valence-corrected chi connectivity index (χ1v) is 10.4. The van der Waals surface area contributed by atoms with Crippen molar-refractivity contribution < 1.29 is 18.3 Å². The van der Waals surface area contributed by atoms with Crippen LogP contribution in [-0.2, 0) is 17.2 Å². The minimum Gasteiger partial charge on any atom is -0.490 e. The number of hydrogen-bond acceptors (Lipinski definition) is 4. The average Bonchev–Trinajstić information content (AvgIpc) is 3.14. The van der Waals surface area contributed by atoms with Gasteiger partial charge in [-0.25, -0.2) is 8.78 Å². The summed E-state index contributed by atoms with van der Waals surface area (Å²) in [5.41, 5.74) is 2.35. The number of hydrogen-bond donors (Lipinski definition) is 1. The Balaban J connectivity index is 1.88. The van der Waals surface area contributed by atoms with Crippen molar-refractivity contribution in [2.75, 3.05) is 26.8 Å². The molecule has 0 bridgehead atoms. The molecule has 7 heteroatoms. The van der Waals surface area contributed by atoms with Gasteiger partial charge < -0.3 is 14.4 Å². The molecule has 1 aliphatic heterocycles. The number of nitrogens with zero attached hydrogens (tertiary/aromatic N) is 2. The van der Waals surface area contributed by atoms with E-state index < -0.39 is 5.92 Å². The summed E-state index contributed by atoms with van der Waals surface area (Å²) in [5, 5.41) is 7.17. The molecule has 1 aliphatic rings. The lowest BCUT2D eigenvalue weighted by Crippen LogP contribution is -2.26. The quantitative estimate of drug-likeness (QED) is 0.637. The minimum atomic E-state index is -2.96. The summed E-state index contributed by atoms with van der Waals surface area (Å²) in [5.74, 6) is -2.49. The molecule has 0 unspecified atom stereocenters.